The first-order valence-corrected chi connectivity index (χ1v) is 8.93. The number of likely N-dealkylation sites (tertiary alicyclic amines) is 1. The van der Waals surface area contributed by atoms with E-state index >= 15 is 0 Å². The molecule has 2 rings (SSSR count). The van der Waals surface area contributed by atoms with Gasteiger partial charge < -0.3 is 15.0 Å². The summed E-state index contributed by atoms with van der Waals surface area (Å²) in [5.41, 5.74) is 1.18. The molecule has 0 radical (unpaired) electrons. The van der Waals surface area contributed by atoms with Gasteiger partial charge in [-0.15, -0.1) is 0 Å². The topological polar surface area (TPSA) is 61.9 Å². The smallest absolute Gasteiger partial charge is 0.308 e. The molecule has 1 saturated heterocycles. The van der Waals surface area contributed by atoms with E-state index in [2.05, 4.69) is 34.3 Å². The van der Waals surface area contributed by atoms with E-state index in [1.54, 1.807) is 0 Å². The molecule has 1 aromatic carbocycles. The predicted octanol–water partition coefficient (Wildman–Crippen LogP) is 1.51. The van der Waals surface area contributed by atoms with Gasteiger partial charge in [-0.2, -0.15) is 0 Å². The molecule has 0 aromatic heterocycles. The molecule has 6 heteroatoms. The molecule has 1 N–H and O–H groups in total. The molecule has 0 bridgehead atoms. The summed E-state index contributed by atoms with van der Waals surface area (Å²) in [6, 6.07) is 10.2. The average molecular weight is 347 g/mol. The van der Waals surface area contributed by atoms with E-state index in [4.69, 9.17) is 4.74 Å². The first kappa shape index (κ1) is 19.2. The fourth-order valence-corrected chi connectivity index (χ4v) is 3.11. The van der Waals surface area contributed by atoms with Gasteiger partial charge in [0.05, 0.1) is 19.6 Å². The number of piperidine rings is 1. The van der Waals surface area contributed by atoms with E-state index in [9.17, 15) is 9.59 Å². The number of nitrogens with zero attached hydrogens (tertiary/aromatic N) is 2. The Hall–Kier alpha value is -2.08. The van der Waals surface area contributed by atoms with Crippen molar-refractivity contribution in [2.24, 2.45) is 5.92 Å². The van der Waals surface area contributed by atoms with Crippen molar-refractivity contribution in [2.45, 2.75) is 19.3 Å². The molecule has 1 heterocycles. The van der Waals surface area contributed by atoms with E-state index < -0.39 is 0 Å². The molecule has 0 unspecified atom stereocenters. The first-order valence-electron chi connectivity index (χ1n) is 8.93. The third kappa shape index (κ3) is 6.38. The maximum absolute atomic E-state index is 12.0. The number of hydrogen-bond donors (Lipinski definition) is 1. The molecule has 0 aliphatic carbocycles. The highest BCUT2D eigenvalue weighted by Gasteiger charge is 2.26. The van der Waals surface area contributed by atoms with Crippen molar-refractivity contribution in [3.05, 3.63) is 30.3 Å². The van der Waals surface area contributed by atoms with E-state index in [0.717, 1.165) is 38.9 Å². The molecule has 1 aromatic rings. The van der Waals surface area contributed by atoms with Crippen LogP contribution >= 0.6 is 0 Å². The minimum Gasteiger partial charge on any atom is -0.469 e. The van der Waals surface area contributed by atoms with Gasteiger partial charge in [0.2, 0.25) is 5.91 Å². The van der Waals surface area contributed by atoms with E-state index in [1.807, 2.05) is 18.2 Å². The normalized spacial score (nSPS) is 15.6. The van der Waals surface area contributed by atoms with Gasteiger partial charge in [-0.3, -0.25) is 14.5 Å². The van der Waals surface area contributed by atoms with Gasteiger partial charge in [0.1, 0.15) is 0 Å². The third-order valence-corrected chi connectivity index (χ3v) is 4.68. The van der Waals surface area contributed by atoms with Gasteiger partial charge >= 0.3 is 5.97 Å². The van der Waals surface area contributed by atoms with E-state index in [1.165, 1.54) is 12.8 Å². The van der Waals surface area contributed by atoms with Gasteiger partial charge in [-0.1, -0.05) is 18.2 Å². The predicted molar refractivity (Wildman–Crippen MR) is 98.5 cm³/mol. The first-order chi connectivity index (χ1) is 12.1. The van der Waals surface area contributed by atoms with Crippen LogP contribution in [0.4, 0.5) is 5.69 Å². The number of anilines is 1. The molecule has 1 fully saturated rings. The van der Waals surface area contributed by atoms with Gasteiger partial charge in [-0.25, -0.2) is 0 Å². The number of benzene rings is 1. The second-order valence-electron chi connectivity index (χ2n) is 6.53. The van der Waals surface area contributed by atoms with Crippen molar-refractivity contribution in [1.29, 1.82) is 0 Å². The van der Waals surface area contributed by atoms with Gasteiger partial charge in [-0.05, 0) is 44.5 Å². The summed E-state index contributed by atoms with van der Waals surface area (Å²) >= 11 is 0. The zero-order valence-electron chi connectivity index (χ0n) is 15.2. The zero-order valence-corrected chi connectivity index (χ0v) is 15.2. The maximum atomic E-state index is 12.0. The van der Waals surface area contributed by atoms with Crippen LogP contribution in [0.3, 0.4) is 0 Å². The van der Waals surface area contributed by atoms with Crippen LogP contribution < -0.4 is 10.2 Å². The largest absolute Gasteiger partial charge is 0.469 e. The van der Waals surface area contributed by atoms with Crippen molar-refractivity contribution in [1.82, 2.24) is 10.2 Å². The van der Waals surface area contributed by atoms with E-state index in [0.29, 0.717) is 13.1 Å². The highest BCUT2D eigenvalue weighted by Crippen LogP contribution is 2.18. The average Bonchev–Trinajstić information content (AvgIpc) is 2.65. The molecule has 1 aliphatic rings. The van der Waals surface area contributed by atoms with Crippen molar-refractivity contribution in [2.75, 3.05) is 51.8 Å². The lowest BCUT2D eigenvalue weighted by molar-refractivity contribution is -0.147. The highest BCUT2D eigenvalue weighted by atomic mass is 16.5. The quantitative estimate of drug-likeness (QED) is 0.571. The molecule has 0 atom stereocenters. The second-order valence-corrected chi connectivity index (χ2v) is 6.53. The van der Waals surface area contributed by atoms with Crippen LogP contribution in [0.15, 0.2) is 30.3 Å². The van der Waals surface area contributed by atoms with Crippen LogP contribution in [0.1, 0.15) is 19.3 Å². The number of amides is 1. The molecule has 0 saturated carbocycles. The summed E-state index contributed by atoms with van der Waals surface area (Å²) in [6.45, 7) is 3.51. The number of ether oxygens (including phenoxy) is 1. The Morgan fingerprint density at radius 2 is 1.92 bits per heavy atom. The Kier molecular flexibility index (Phi) is 7.73. The fourth-order valence-electron chi connectivity index (χ4n) is 3.11. The Morgan fingerprint density at radius 3 is 2.56 bits per heavy atom. The molecule has 138 valence electrons. The highest BCUT2D eigenvalue weighted by molar-refractivity contribution is 5.78. The van der Waals surface area contributed by atoms with Crippen molar-refractivity contribution in [3.63, 3.8) is 0 Å². The SMILES string of the molecule is COC(=O)C1CCN(CC(=O)NCCCN(C)c2ccccc2)CC1. The lowest BCUT2D eigenvalue weighted by atomic mass is 9.97. The minimum absolute atomic E-state index is 0.0159. The molecule has 0 spiro atoms. The second kappa shape index (κ2) is 10.0. The summed E-state index contributed by atoms with van der Waals surface area (Å²) in [4.78, 5) is 27.8. The summed E-state index contributed by atoms with van der Waals surface area (Å²) in [6.07, 6.45) is 2.44. The molecule has 1 amide bonds. The summed E-state index contributed by atoms with van der Waals surface area (Å²) < 4.78 is 4.78. The summed E-state index contributed by atoms with van der Waals surface area (Å²) in [5.74, 6) is -0.0941. The monoisotopic (exact) mass is 347 g/mol. The lowest BCUT2D eigenvalue weighted by Gasteiger charge is -2.30. The zero-order chi connectivity index (χ0) is 18.1. The number of hydrogen-bond acceptors (Lipinski definition) is 5. The number of methoxy groups -OCH3 is 1. The van der Waals surface area contributed by atoms with Crippen LogP contribution in [0.25, 0.3) is 0 Å². The number of nitrogens with one attached hydrogen (secondary N) is 1. The van der Waals surface area contributed by atoms with Crippen molar-refractivity contribution in [3.8, 4) is 0 Å². The number of esters is 1. The summed E-state index contributed by atoms with van der Waals surface area (Å²) in [5, 5.41) is 2.98. The molecule has 1 aliphatic heterocycles. The third-order valence-electron chi connectivity index (χ3n) is 4.68. The maximum Gasteiger partial charge on any atom is 0.308 e. The van der Waals surface area contributed by atoms with E-state index in [-0.39, 0.29) is 17.8 Å². The standard InChI is InChI=1S/C19H29N3O3/c1-21(17-7-4-3-5-8-17)12-6-11-20-18(23)15-22-13-9-16(10-14-22)19(24)25-2/h3-5,7-8,16H,6,9-15H2,1-2H3,(H,20,23). The Balaban J connectivity index is 1.58. The molecule has 6 nitrogen and oxygen atoms in total. The molecular formula is C19H29N3O3. The molecular weight excluding hydrogens is 318 g/mol. The number of carbonyl (C=O) groups excluding carboxylic acids is 2. The Morgan fingerprint density at radius 1 is 1.24 bits per heavy atom. The van der Waals surface area contributed by atoms with Gasteiger partial charge in [0, 0.05) is 25.8 Å². The summed E-state index contributed by atoms with van der Waals surface area (Å²) in [7, 11) is 3.49. The number of para-hydroxylation sites is 1. The van der Waals surface area contributed by atoms with Crippen LogP contribution in [0.2, 0.25) is 0 Å². The van der Waals surface area contributed by atoms with Crippen LogP contribution in [-0.2, 0) is 14.3 Å². The van der Waals surface area contributed by atoms with Gasteiger partial charge in [0.25, 0.3) is 0 Å². The lowest BCUT2D eigenvalue weighted by Crippen LogP contribution is -2.43. The Bertz CT molecular complexity index is 542. The number of carbonyl (C=O) groups is 2. The van der Waals surface area contributed by atoms with Crippen LogP contribution in [0, 0.1) is 5.92 Å². The number of rotatable bonds is 8. The van der Waals surface area contributed by atoms with Crippen molar-refractivity contribution < 1.29 is 14.3 Å². The Labute approximate surface area is 150 Å². The molecule has 25 heavy (non-hydrogen) atoms. The van der Waals surface area contributed by atoms with Crippen molar-refractivity contribution >= 4 is 17.6 Å². The van der Waals surface area contributed by atoms with Gasteiger partial charge in [0.15, 0.2) is 0 Å². The fraction of sp³-hybridized carbons (Fsp3) is 0.579. The van der Waals surface area contributed by atoms with Crippen LogP contribution in [-0.4, -0.2) is 63.7 Å². The van der Waals surface area contributed by atoms with Crippen LogP contribution in [0.5, 0.6) is 0 Å². The minimum atomic E-state index is -0.133.